The SMILES string of the molecule is OCc1ccc(C#Cc2ccc(CO)cc2)cc1. The molecule has 0 unspecified atom stereocenters. The first kappa shape index (κ1) is 12.4. The predicted octanol–water partition coefficient (Wildman–Crippen LogP) is 2.07. The summed E-state index contributed by atoms with van der Waals surface area (Å²) in [6.45, 7) is 0.104. The fraction of sp³-hybridized carbons (Fsp3) is 0.125. The third-order valence-electron chi connectivity index (χ3n) is 2.62. The lowest BCUT2D eigenvalue weighted by atomic mass is 10.1. The first-order valence-corrected chi connectivity index (χ1v) is 5.73. The molecule has 0 aromatic heterocycles. The molecule has 0 aliphatic rings. The normalized spacial score (nSPS) is 9.67. The Balaban J connectivity index is 2.14. The standard InChI is InChI=1S/C16H14O2/c17-11-15-7-3-13(4-8-15)1-2-14-5-9-16(12-18)10-6-14/h3-10,17-18H,11-12H2. The number of benzene rings is 2. The van der Waals surface area contributed by atoms with Crippen LogP contribution in [0.15, 0.2) is 48.5 Å². The minimum absolute atomic E-state index is 0.0519. The van der Waals surface area contributed by atoms with E-state index in [4.69, 9.17) is 10.2 Å². The van der Waals surface area contributed by atoms with Gasteiger partial charge in [-0.2, -0.15) is 0 Å². The molecule has 0 saturated carbocycles. The van der Waals surface area contributed by atoms with Gasteiger partial charge in [0, 0.05) is 11.1 Å². The molecule has 90 valence electrons. The maximum absolute atomic E-state index is 8.93. The van der Waals surface area contributed by atoms with E-state index >= 15 is 0 Å². The summed E-state index contributed by atoms with van der Waals surface area (Å²) in [5.74, 6) is 6.11. The Kier molecular flexibility index (Phi) is 4.14. The maximum Gasteiger partial charge on any atom is 0.0681 e. The molecule has 0 aliphatic carbocycles. The van der Waals surface area contributed by atoms with E-state index in [9.17, 15) is 0 Å². The van der Waals surface area contributed by atoms with Crippen molar-refractivity contribution >= 4 is 0 Å². The summed E-state index contributed by atoms with van der Waals surface area (Å²) in [5.41, 5.74) is 3.59. The summed E-state index contributed by atoms with van der Waals surface area (Å²) in [7, 11) is 0. The van der Waals surface area contributed by atoms with E-state index in [-0.39, 0.29) is 13.2 Å². The van der Waals surface area contributed by atoms with E-state index in [1.807, 2.05) is 48.5 Å². The zero-order valence-electron chi connectivity index (χ0n) is 9.93. The molecule has 18 heavy (non-hydrogen) atoms. The van der Waals surface area contributed by atoms with Gasteiger partial charge >= 0.3 is 0 Å². The molecule has 0 radical (unpaired) electrons. The van der Waals surface area contributed by atoms with Gasteiger partial charge < -0.3 is 10.2 Å². The Morgan fingerprint density at radius 3 is 1.22 bits per heavy atom. The van der Waals surface area contributed by atoms with Crippen LogP contribution in [-0.4, -0.2) is 10.2 Å². The summed E-state index contributed by atoms with van der Waals surface area (Å²) in [5, 5.41) is 17.9. The van der Waals surface area contributed by atoms with Crippen LogP contribution in [0.5, 0.6) is 0 Å². The first-order valence-electron chi connectivity index (χ1n) is 5.73. The van der Waals surface area contributed by atoms with Crippen molar-refractivity contribution in [3.8, 4) is 11.8 Å². The second-order valence-corrected chi connectivity index (χ2v) is 3.96. The quantitative estimate of drug-likeness (QED) is 0.786. The molecule has 0 atom stereocenters. The average molecular weight is 238 g/mol. The van der Waals surface area contributed by atoms with Crippen molar-refractivity contribution in [1.29, 1.82) is 0 Å². The van der Waals surface area contributed by atoms with Crippen LogP contribution in [0.1, 0.15) is 22.3 Å². The summed E-state index contributed by atoms with van der Waals surface area (Å²) in [4.78, 5) is 0. The Labute approximate surface area is 107 Å². The molecule has 2 aromatic rings. The van der Waals surface area contributed by atoms with Crippen LogP contribution in [0.25, 0.3) is 0 Å². The lowest BCUT2D eigenvalue weighted by molar-refractivity contribution is 0.281. The van der Waals surface area contributed by atoms with E-state index < -0.39 is 0 Å². The lowest BCUT2D eigenvalue weighted by Crippen LogP contribution is -1.83. The topological polar surface area (TPSA) is 40.5 Å². The van der Waals surface area contributed by atoms with Crippen molar-refractivity contribution in [3.63, 3.8) is 0 Å². The van der Waals surface area contributed by atoms with E-state index in [1.54, 1.807) is 0 Å². The van der Waals surface area contributed by atoms with Crippen LogP contribution < -0.4 is 0 Å². The molecule has 2 rings (SSSR count). The van der Waals surface area contributed by atoms with Crippen LogP contribution in [-0.2, 0) is 13.2 Å². The monoisotopic (exact) mass is 238 g/mol. The van der Waals surface area contributed by atoms with Gasteiger partial charge in [-0.25, -0.2) is 0 Å². The molecule has 2 N–H and O–H groups in total. The van der Waals surface area contributed by atoms with Gasteiger partial charge in [-0.3, -0.25) is 0 Å². The highest BCUT2D eigenvalue weighted by molar-refractivity contribution is 5.43. The highest BCUT2D eigenvalue weighted by Crippen LogP contribution is 2.05. The van der Waals surface area contributed by atoms with Crippen molar-refractivity contribution in [2.45, 2.75) is 13.2 Å². The van der Waals surface area contributed by atoms with E-state index in [0.29, 0.717) is 0 Å². The van der Waals surface area contributed by atoms with Crippen molar-refractivity contribution in [1.82, 2.24) is 0 Å². The minimum atomic E-state index is 0.0519. The Morgan fingerprint density at radius 1 is 0.611 bits per heavy atom. The largest absolute Gasteiger partial charge is 0.392 e. The molecule has 0 heterocycles. The van der Waals surface area contributed by atoms with Crippen molar-refractivity contribution in [2.24, 2.45) is 0 Å². The molecule has 0 bridgehead atoms. The summed E-state index contributed by atoms with van der Waals surface area (Å²) in [6, 6.07) is 15.0. The smallest absolute Gasteiger partial charge is 0.0681 e. The Bertz CT molecular complexity index is 505. The lowest BCUT2D eigenvalue weighted by Gasteiger charge is -1.96. The fourth-order valence-corrected chi connectivity index (χ4v) is 1.53. The van der Waals surface area contributed by atoms with E-state index in [2.05, 4.69) is 11.8 Å². The summed E-state index contributed by atoms with van der Waals surface area (Å²) in [6.07, 6.45) is 0. The first-order chi connectivity index (χ1) is 8.81. The van der Waals surface area contributed by atoms with Crippen LogP contribution in [0.4, 0.5) is 0 Å². The Morgan fingerprint density at radius 2 is 0.944 bits per heavy atom. The number of rotatable bonds is 2. The van der Waals surface area contributed by atoms with Crippen molar-refractivity contribution < 1.29 is 10.2 Å². The molecule has 0 spiro atoms. The zero-order valence-corrected chi connectivity index (χ0v) is 9.93. The minimum Gasteiger partial charge on any atom is -0.392 e. The van der Waals surface area contributed by atoms with E-state index in [1.165, 1.54) is 0 Å². The average Bonchev–Trinajstić information content (AvgIpc) is 2.46. The van der Waals surface area contributed by atoms with E-state index in [0.717, 1.165) is 22.3 Å². The van der Waals surface area contributed by atoms with Gasteiger partial charge in [-0.1, -0.05) is 36.1 Å². The Hall–Kier alpha value is -2.08. The van der Waals surface area contributed by atoms with Crippen LogP contribution in [0.2, 0.25) is 0 Å². The fourth-order valence-electron chi connectivity index (χ4n) is 1.53. The molecular weight excluding hydrogens is 224 g/mol. The van der Waals surface area contributed by atoms with Gasteiger partial charge in [0.15, 0.2) is 0 Å². The molecular formula is C16H14O2. The number of aliphatic hydroxyl groups excluding tert-OH is 2. The molecule has 2 nitrogen and oxygen atoms in total. The van der Waals surface area contributed by atoms with Crippen LogP contribution >= 0.6 is 0 Å². The third-order valence-corrected chi connectivity index (χ3v) is 2.62. The highest BCUT2D eigenvalue weighted by Gasteiger charge is 1.91. The number of hydrogen-bond donors (Lipinski definition) is 2. The van der Waals surface area contributed by atoms with Crippen LogP contribution in [0, 0.1) is 11.8 Å². The molecule has 2 heteroatoms. The van der Waals surface area contributed by atoms with Crippen molar-refractivity contribution in [2.75, 3.05) is 0 Å². The van der Waals surface area contributed by atoms with Crippen LogP contribution in [0.3, 0.4) is 0 Å². The molecule has 0 fully saturated rings. The van der Waals surface area contributed by atoms with Gasteiger partial charge in [0.25, 0.3) is 0 Å². The number of aliphatic hydroxyl groups is 2. The highest BCUT2D eigenvalue weighted by atomic mass is 16.3. The maximum atomic E-state index is 8.93. The molecule has 0 aliphatic heterocycles. The number of hydrogen-bond acceptors (Lipinski definition) is 2. The third kappa shape index (κ3) is 3.21. The molecule has 0 amide bonds. The van der Waals surface area contributed by atoms with Gasteiger partial charge in [0.1, 0.15) is 0 Å². The van der Waals surface area contributed by atoms with Crippen molar-refractivity contribution in [3.05, 3.63) is 70.8 Å². The zero-order chi connectivity index (χ0) is 12.8. The predicted molar refractivity (Wildman–Crippen MR) is 70.7 cm³/mol. The summed E-state index contributed by atoms with van der Waals surface area (Å²) >= 11 is 0. The summed E-state index contributed by atoms with van der Waals surface area (Å²) < 4.78 is 0. The van der Waals surface area contributed by atoms with Gasteiger partial charge in [-0.15, -0.1) is 0 Å². The van der Waals surface area contributed by atoms with Gasteiger partial charge in [0.05, 0.1) is 13.2 Å². The second kappa shape index (κ2) is 6.02. The van der Waals surface area contributed by atoms with Gasteiger partial charge in [-0.05, 0) is 35.4 Å². The molecule has 0 saturated heterocycles. The van der Waals surface area contributed by atoms with Gasteiger partial charge in [0.2, 0.25) is 0 Å². The second-order valence-electron chi connectivity index (χ2n) is 3.96. The molecule has 2 aromatic carbocycles.